The number of ether oxygens (including phenoxy) is 2. The number of carbonyl (C=O) groups excluding carboxylic acids is 3. The maximum absolute atomic E-state index is 13.9. The van der Waals surface area contributed by atoms with Gasteiger partial charge in [-0.1, -0.05) is 25.7 Å². The molecule has 0 spiro atoms. The first-order chi connectivity index (χ1) is 18.0. The van der Waals surface area contributed by atoms with Gasteiger partial charge in [-0.25, -0.2) is 0 Å². The average molecular weight is 513 g/mol. The summed E-state index contributed by atoms with van der Waals surface area (Å²) in [5.74, 6) is -0.328. The van der Waals surface area contributed by atoms with Gasteiger partial charge in [-0.2, -0.15) is 0 Å². The molecule has 0 saturated heterocycles. The molecule has 0 bridgehead atoms. The number of nitrogens with zero attached hydrogens (tertiary/aromatic N) is 1. The Morgan fingerprint density at radius 2 is 1.86 bits per heavy atom. The van der Waals surface area contributed by atoms with Crippen molar-refractivity contribution in [3.8, 4) is 11.5 Å². The summed E-state index contributed by atoms with van der Waals surface area (Å²) in [6.07, 6.45) is 8.03. The van der Waals surface area contributed by atoms with E-state index in [2.05, 4.69) is 5.32 Å². The fraction of sp³-hybridized carbons (Fsp3) is 0.607. The summed E-state index contributed by atoms with van der Waals surface area (Å²) < 4.78 is 11.8. The summed E-state index contributed by atoms with van der Waals surface area (Å²) >= 11 is 0. The fourth-order valence-corrected chi connectivity index (χ4v) is 6.67. The monoisotopic (exact) mass is 512 g/mol. The minimum absolute atomic E-state index is 0.00211. The molecule has 2 fully saturated rings. The maximum Gasteiger partial charge on any atom is 0.247 e. The molecular formula is C28H36N2O7. The molecule has 1 heterocycles. The Morgan fingerprint density at radius 3 is 2.51 bits per heavy atom. The van der Waals surface area contributed by atoms with E-state index in [0.29, 0.717) is 34.5 Å². The molecule has 200 valence electrons. The van der Waals surface area contributed by atoms with E-state index in [-0.39, 0.29) is 31.0 Å². The summed E-state index contributed by atoms with van der Waals surface area (Å²) in [5.41, 5.74) is 1.32. The molecule has 4 aliphatic rings. The van der Waals surface area contributed by atoms with E-state index in [0.717, 1.165) is 51.4 Å². The van der Waals surface area contributed by atoms with Crippen LogP contribution in [0.25, 0.3) is 0 Å². The average Bonchev–Trinajstić information content (AvgIpc) is 3.69. The lowest BCUT2D eigenvalue weighted by atomic mass is 9.76. The molecular weight excluding hydrogens is 476 g/mol. The molecule has 37 heavy (non-hydrogen) atoms. The van der Waals surface area contributed by atoms with Gasteiger partial charge in [0.2, 0.25) is 11.8 Å². The SMILES string of the molecule is COc1cc(C=O)cc2c1O[C@@H]1[C@@H](O)[C@H](N(C(=O)C3CCCC3)C3CCCC3)C=C(C(=O)NCCO)[C@H]21. The third-order valence-corrected chi connectivity index (χ3v) is 8.41. The molecule has 2 amide bonds. The van der Waals surface area contributed by atoms with E-state index in [1.807, 2.05) is 4.90 Å². The number of aliphatic hydroxyl groups is 2. The third kappa shape index (κ3) is 4.63. The Hall–Kier alpha value is -2.91. The number of fused-ring (bicyclic) bond motifs is 3. The van der Waals surface area contributed by atoms with Gasteiger partial charge in [-0.05, 0) is 43.9 Å². The van der Waals surface area contributed by atoms with E-state index >= 15 is 0 Å². The molecule has 3 N–H and O–H groups in total. The molecule has 3 aliphatic carbocycles. The van der Waals surface area contributed by atoms with Crippen molar-refractivity contribution in [3.63, 3.8) is 0 Å². The van der Waals surface area contributed by atoms with Crippen LogP contribution in [0.5, 0.6) is 11.5 Å². The van der Waals surface area contributed by atoms with Gasteiger partial charge >= 0.3 is 0 Å². The van der Waals surface area contributed by atoms with Crippen LogP contribution in [0, 0.1) is 5.92 Å². The first-order valence-electron chi connectivity index (χ1n) is 13.4. The minimum Gasteiger partial charge on any atom is -0.493 e. The van der Waals surface area contributed by atoms with Crippen LogP contribution in [-0.4, -0.2) is 77.8 Å². The standard InChI is InChI=1S/C28H36N2O7/c1-36-22-13-16(15-32)12-19-23-20(27(34)29-10-11-31)14-21(24(33)26(23)37-25(19)22)30(18-8-4-5-9-18)28(35)17-6-2-3-7-17/h12-15,17-18,21,23-24,26,31,33H,2-11H2,1H3,(H,29,34)/t21-,23+,24+,26+/m1/s1. The van der Waals surface area contributed by atoms with Crippen LogP contribution in [-0.2, 0) is 9.59 Å². The Bertz CT molecular complexity index is 1070. The molecule has 0 radical (unpaired) electrons. The number of methoxy groups -OCH3 is 1. The van der Waals surface area contributed by atoms with Gasteiger partial charge in [0, 0.05) is 35.2 Å². The summed E-state index contributed by atoms with van der Waals surface area (Å²) in [6.45, 7) is -0.150. The number of aliphatic hydroxyl groups excluding tert-OH is 2. The van der Waals surface area contributed by atoms with E-state index in [4.69, 9.17) is 9.47 Å². The highest BCUT2D eigenvalue weighted by molar-refractivity contribution is 5.96. The van der Waals surface area contributed by atoms with Crippen LogP contribution >= 0.6 is 0 Å². The molecule has 0 unspecified atom stereocenters. The summed E-state index contributed by atoms with van der Waals surface area (Å²) in [5, 5.41) is 23.8. The number of hydrogen-bond donors (Lipinski definition) is 3. The van der Waals surface area contributed by atoms with Crippen molar-refractivity contribution >= 4 is 18.1 Å². The van der Waals surface area contributed by atoms with Crippen LogP contribution in [0.2, 0.25) is 0 Å². The second kappa shape index (κ2) is 10.8. The topological polar surface area (TPSA) is 125 Å². The van der Waals surface area contributed by atoms with Crippen molar-refractivity contribution in [1.82, 2.24) is 10.2 Å². The molecule has 9 heteroatoms. The zero-order valence-electron chi connectivity index (χ0n) is 21.2. The smallest absolute Gasteiger partial charge is 0.247 e. The highest BCUT2D eigenvalue weighted by Crippen LogP contribution is 2.51. The Balaban J connectivity index is 1.59. The molecule has 1 aliphatic heterocycles. The Morgan fingerprint density at radius 1 is 1.16 bits per heavy atom. The first kappa shape index (κ1) is 25.7. The highest BCUT2D eigenvalue weighted by atomic mass is 16.5. The lowest BCUT2D eigenvalue weighted by Gasteiger charge is -2.44. The zero-order valence-corrected chi connectivity index (χ0v) is 21.2. The molecule has 5 rings (SSSR count). The normalized spacial score (nSPS) is 27.2. The maximum atomic E-state index is 13.9. The number of benzene rings is 1. The second-order valence-electron chi connectivity index (χ2n) is 10.6. The van der Waals surface area contributed by atoms with Crippen molar-refractivity contribution in [1.29, 1.82) is 0 Å². The van der Waals surface area contributed by atoms with Gasteiger partial charge in [-0.3, -0.25) is 14.4 Å². The van der Waals surface area contributed by atoms with Crippen LogP contribution in [0.1, 0.15) is 73.2 Å². The van der Waals surface area contributed by atoms with E-state index in [1.54, 1.807) is 18.2 Å². The summed E-state index contributed by atoms with van der Waals surface area (Å²) in [7, 11) is 1.47. The Kier molecular flexibility index (Phi) is 7.53. The molecule has 2 saturated carbocycles. The fourth-order valence-electron chi connectivity index (χ4n) is 6.67. The molecule has 0 aromatic heterocycles. The largest absolute Gasteiger partial charge is 0.493 e. The molecule has 4 atom stereocenters. The lowest BCUT2D eigenvalue weighted by molar-refractivity contribution is -0.144. The van der Waals surface area contributed by atoms with E-state index in [9.17, 15) is 24.6 Å². The van der Waals surface area contributed by atoms with Gasteiger partial charge < -0.3 is 29.9 Å². The van der Waals surface area contributed by atoms with Gasteiger partial charge in [0.15, 0.2) is 11.5 Å². The van der Waals surface area contributed by atoms with Crippen molar-refractivity contribution in [2.45, 2.75) is 81.6 Å². The second-order valence-corrected chi connectivity index (χ2v) is 10.6. The van der Waals surface area contributed by atoms with Crippen LogP contribution in [0.15, 0.2) is 23.8 Å². The van der Waals surface area contributed by atoms with Crippen molar-refractivity contribution in [3.05, 3.63) is 34.9 Å². The molecule has 9 nitrogen and oxygen atoms in total. The number of aldehydes is 1. The summed E-state index contributed by atoms with van der Waals surface area (Å²) in [4.78, 5) is 40.8. The third-order valence-electron chi connectivity index (χ3n) is 8.41. The van der Waals surface area contributed by atoms with Gasteiger partial charge in [-0.15, -0.1) is 0 Å². The lowest BCUT2D eigenvalue weighted by Crippen LogP contribution is -2.59. The Labute approximate surface area is 216 Å². The number of amides is 2. The van der Waals surface area contributed by atoms with Crippen molar-refractivity contribution in [2.24, 2.45) is 5.92 Å². The van der Waals surface area contributed by atoms with E-state index < -0.39 is 30.1 Å². The number of nitrogens with one attached hydrogen (secondary N) is 1. The van der Waals surface area contributed by atoms with Crippen molar-refractivity contribution in [2.75, 3.05) is 20.3 Å². The zero-order chi connectivity index (χ0) is 26.1. The van der Waals surface area contributed by atoms with E-state index in [1.165, 1.54) is 7.11 Å². The van der Waals surface area contributed by atoms with Crippen LogP contribution in [0.4, 0.5) is 0 Å². The van der Waals surface area contributed by atoms with Crippen LogP contribution in [0.3, 0.4) is 0 Å². The van der Waals surface area contributed by atoms with Crippen molar-refractivity contribution < 1.29 is 34.1 Å². The number of rotatable bonds is 8. The van der Waals surface area contributed by atoms with Gasteiger partial charge in [0.1, 0.15) is 18.5 Å². The quantitative estimate of drug-likeness (QED) is 0.456. The predicted octanol–water partition coefficient (Wildman–Crippen LogP) is 2.09. The number of hydrogen-bond acceptors (Lipinski definition) is 7. The summed E-state index contributed by atoms with van der Waals surface area (Å²) in [6, 6.07) is 2.51. The van der Waals surface area contributed by atoms with Gasteiger partial charge in [0.05, 0.1) is 25.7 Å². The highest BCUT2D eigenvalue weighted by Gasteiger charge is 2.52. The van der Waals surface area contributed by atoms with Crippen LogP contribution < -0.4 is 14.8 Å². The predicted molar refractivity (Wildman–Crippen MR) is 135 cm³/mol. The molecule has 1 aromatic rings. The number of carbonyl (C=O) groups is 3. The first-order valence-corrected chi connectivity index (χ1v) is 13.4. The minimum atomic E-state index is -1.08. The van der Waals surface area contributed by atoms with Gasteiger partial charge in [0.25, 0.3) is 0 Å². The molecule has 1 aromatic carbocycles.